The van der Waals surface area contributed by atoms with E-state index < -0.39 is 6.03 Å². The number of para-hydroxylation sites is 1. The molecule has 11 heavy (non-hydrogen) atoms. The summed E-state index contributed by atoms with van der Waals surface area (Å²) < 4.78 is 0. The van der Waals surface area contributed by atoms with E-state index in [1.807, 2.05) is 18.2 Å². The van der Waals surface area contributed by atoms with E-state index in [2.05, 4.69) is 5.32 Å². The number of amides is 2. The molecule has 4 heteroatoms. The molecule has 0 spiro atoms. The molecule has 0 bridgehead atoms. The van der Waals surface area contributed by atoms with Gasteiger partial charge in [0.2, 0.25) is 0 Å². The number of primary amides is 1. The van der Waals surface area contributed by atoms with Crippen LogP contribution in [0.3, 0.4) is 0 Å². The summed E-state index contributed by atoms with van der Waals surface area (Å²) in [6, 6.07) is 8.52. The van der Waals surface area contributed by atoms with E-state index in [0.717, 1.165) is 5.69 Å². The normalized spacial score (nSPS) is 8.00. The number of carbonyl (C=O) groups is 1. The Hall–Kier alpha value is -0.575. The molecule has 1 rings (SSSR count). The molecular formula is C7H8HgN2O. The Morgan fingerprint density at radius 2 is 1.82 bits per heavy atom. The van der Waals surface area contributed by atoms with Crippen molar-refractivity contribution in [1.82, 2.24) is 0 Å². The molecule has 0 radical (unpaired) electrons. The van der Waals surface area contributed by atoms with Gasteiger partial charge in [-0.15, -0.1) is 0 Å². The molecule has 0 fully saturated rings. The van der Waals surface area contributed by atoms with Crippen LogP contribution in [0.5, 0.6) is 0 Å². The zero-order valence-corrected chi connectivity index (χ0v) is 11.6. The molecular weight excluding hydrogens is 329 g/mol. The van der Waals surface area contributed by atoms with Gasteiger partial charge in [-0.3, -0.25) is 0 Å². The van der Waals surface area contributed by atoms with E-state index in [9.17, 15) is 4.79 Å². The van der Waals surface area contributed by atoms with Crippen molar-refractivity contribution < 1.29 is 32.5 Å². The van der Waals surface area contributed by atoms with Crippen LogP contribution in [-0.2, 0) is 27.7 Å². The van der Waals surface area contributed by atoms with E-state index >= 15 is 0 Å². The quantitative estimate of drug-likeness (QED) is 0.743. The van der Waals surface area contributed by atoms with Crippen molar-refractivity contribution >= 4 is 11.7 Å². The minimum atomic E-state index is -0.536. The summed E-state index contributed by atoms with van der Waals surface area (Å²) >= 11 is 0. The number of hydrogen-bond donors (Lipinski definition) is 2. The van der Waals surface area contributed by atoms with Crippen molar-refractivity contribution in [3.63, 3.8) is 0 Å². The number of hydrogen-bond acceptors (Lipinski definition) is 1. The number of carbonyl (C=O) groups excluding carboxylic acids is 1. The summed E-state index contributed by atoms with van der Waals surface area (Å²) in [6.45, 7) is 0. The van der Waals surface area contributed by atoms with Crippen LogP contribution < -0.4 is 11.1 Å². The zero-order valence-electron chi connectivity index (χ0n) is 6.08. The Kier molecular flexibility index (Phi) is 4.86. The van der Waals surface area contributed by atoms with Crippen LogP contribution in [0.1, 0.15) is 0 Å². The summed E-state index contributed by atoms with van der Waals surface area (Å²) in [7, 11) is 0. The van der Waals surface area contributed by atoms with Crippen LogP contribution in [0.4, 0.5) is 10.5 Å². The Balaban J connectivity index is 0.000001000. The van der Waals surface area contributed by atoms with Crippen LogP contribution in [0.15, 0.2) is 30.3 Å². The second-order valence-corrected chi connectivity index (χ2v) is 1.86. The Labute approximate surface area is 85.5 Å². The van der Waals surface area contributed by atoms with Gasteiger partial charge in [-0.05, 0) is 12.1 Å². The van der Waals surface area contributed by atoms with Crippen molar-refractivity contribution in [2.24, 2.45) is 5.73 Å². The summed E-state index contributed by atoms with van der Waals surface area (Å²) in [4.78, 5) is 10.3. The Morgan fingerprint density at radius 1 is 1.27 bits per heavy atom. The predicted octanol–water partition coefficient (Wildman–Crippen LogP) is 1.17. The van der Waals surface area contributed by atoms with Gasteiger partial charge in [-0.25, -0.2) is 4.79 Å². The van der Waals surface area contributed by atoms with E-state index in [0.29, 0.717) is 0 Å². The molecule has 54 valence electrons. The van der Waals surface area contributed by atoms with Crippen LogP contribution >= 0.6 is 0 Å². The number of rotatable bonds is 1. The third-order valence-electron chi connectivity index (χ3n) is 1.04. The predicted molar refractivity (Wildman–Crippen MR) is 39.6 cm³/mol. The first-order valence-corrected chi connectivity index (χ1v) is 2.90. The van der Waals surface area contributed by atoms with Crippen molar-refractivity contribution in [3.05, 3.63) is 30.3 Å². The molecule has 0 unspecified atom stereocenters. The number of benzene rings is 1. The molecule has 0 saturated heterocycles. The van der Waals surface area contributed by atoms with Crippen molar-refractivity contribution in [1.29, 1.82) is 0 Å². The van der Waals surface area contributed by atoms with E-state index in [1.54, 1.807) is 12.1 Å². The number of nitrogens with one attached hydrogen (secondary N) is 1. The monoisotopic (exact) mass is 338 g/mol. The first kappa shape index (κ1) is 10.4. The van der Waals surface area contributed by atoms with E-state index in [-0.39, 0.29) is 27.7 Å². The van der Waals surface area contributed by atoms with Gasteiger partial charge < -0.3 is 11.1 Å². The molecule has 0 aliphatic carbocycles. The molecule has 0 aromatic heterocycles. The van der Waals surface area contributed by atoms with Gasteiger partial charge in [0.1, 0.15) is 0 Å². The van der Waals surface area contributed by atoms with Gasteiger partial charge in [0.05, 0.1) is 0 Å². The smallest absolute Gasteiger partial charge is 0.316 e. The van der Waals surface area contributed by atoms with Crippen LogP contribution in [0.25, 0.3) is 0 Å². The van der Waals surface area contributed by atoms with Crippen molar-refractivity contribution in [3.8, 4) is 0 Å². The second-order valence-electron chi connectivity index (χ2n) is 1.86. The van der Waals surface area contributed by atoms with E-state index in [4.69, 9.17) is 5.73 Å². The first-order chi connectivity index (χ1) is 4.79. The fourth-order valence-electron chi connectivity index (χ4n) is 0.664. The van der Waals surface area contributed by atoms with Crippen LogP contribution in [0, 0.1) is 0 Å². The largest absolute Gasteiger partial charge is 0.351 e. The summed E-state index contributed by atoms with van der Waals surface area (Å²) in [5.74, 6) is 0. The minimum absolute atomic E-state index is 0. The maximum Gasteiger partial charge on any atom is 0.316 e. The molecule has 1 aromatic carbocycles. The maximum atomic E-state index is 10.3. The molecule has 0 heterocycles. The van der Waals surface area contributed by atoms with Crippen LogP contribution in [0.2, 0.25) is 0 Å². The molecule has 3 N–H and O–H groups in total. The van der Waals surface area contributed by atoms with Gasteiger partial charge in [0.15, 0.2) is 0 Å². The summed E-state index contributed by atoms with van der Waals surface area (Å²) in [5.41, 5.74) is 5.59. The van der Waals surface area contributed by atoms with Crippen molar-refractivity contribution in [2.45, 2.75) is 0 Å². The van der Waals surface area contributed by atoms with Crippen LogP contribution in [-0.4, -0.2) is 6.03 Å². The van der Waals surface area contributed by atoms with Gasteiger partial charge >= 0.3 is 6.03 Å². The third-order valence-corrected chi connectivity index (χ3v) is 1.04. The minimum Gasteiger partial charge on any atom is -0.351 e. The summed E-state index contributed by atoms with van der Waals surface area (Å²) in [5, 5.41) is 2.44. The Morgan fingerprint density at radius 3 is 2.27 bits per heavy atom. The molecule has 0 aliphatic heterocycles. The Bertz CT molecular complexity index is 225. The van der Waals surface area contributed by atoms with Gasteiger partial charge in [-0.1, -0.05) is 18.2 Å². The third kappa shape index (κ3) is 3.98. The maximum absolute atomic E-state index is 10.3. The molecule has 0 saturated carbocycles. The fourth-order valence-corrected chi connectivity index (χ4v) is 0.664. The topological polar surface area (TPSA) is 55.1 Å². The molecule has 0 aliphatic rings. The zero-order chi connectivity index (χ0) is 7.40. The number of urea groups is 1. The first-order valence-electron chi connectivity index (χ1n) is 2.90. The number of nitrogens with two attached hydrogens (primary N) is 1. The SMILES string of the molecule is NC(=O)Nc1ccccc1.[Hg]. The van der Waals surface area contributed by atoms with Gasteiger partial charge in [-0.2, -0.15) is 0 Å². The average Bonchev–Trinajstić information content (AvgIpc) is 1.88. The van der Waals surface area contributed by atoms with Gasteiger partial charge in [0, 0.05) is 33.4 Å². The standard InChI is InChI=1S/C7H8N2O.Hg/c8-7(10)9-6-4-2-1-3-5-6;/h1-5H,(H3,8,9,10);. The molecule has 3 nitrogen and oxygen atoms in total. The van der Waals surface area contributed by atoms with E-state index in [1.165, 1.54) is 0 Å². The fraction of sp³-hybridized carbons (Fsp3) is 0. The average molecular weight is 337 g/mol. The summed E-state index contributed by atoms with van der Waals surface area (Å²) in [6.07, 6.45) is 0. The van der Waals surface area contributed by atoms with Crippen molar-refractivity contribution in [2.75, 3.05) is 5.32 Å². The number of anilines is 1. The van der Waals surface area contributed by atoms with Gasteiger partial charge in [0.25, 0.3) is 0 Å². The molecule has 0 atom stereocenters. The molecule has 2 amide bonds. The molecule has 1 aromatic rings. The second kappa shape index (κ2) is 5.13.